The molecular formula is C17H23Cl2N3O. The van der Waals surface area contributed by atoms with Gasteiger partial charge in [0, 0.05) is 45.7 Å². The van der Waals surface area contributed by atoms with Crippen LogP contribution in [0.2, 0.25) is 10.0 Å². The zero-order valence-corrected chi connectivity index (χ0v) is 14.7. The van der Waals surface area contributed by atoms with E-state index in [0.29, 0.717) is 16.5 Å². The summed E-state index contributed by atoms with van der Waals surface area (Å²) in [6, 6.07) is 5.47. The first kappa shape index (κ1) is 17.2. The van der Waals surface area contributed by atoms with Gasteiger partial charge in [0.1, 0.15) is 6.17 Å². The van der Waals surface area contributed by atoms with Crippen molar-refractivity contribution in [2.45, 2.75) is 25.4 Å². The second-order valence-electron chi connectivity index (χ2n) is 6.29. The maximum Gasteiger partial charge on any atom is 0.169 e. The topological polar surface area (TPSA) is 35.6 Å². The van der Waals surface area contributed by atoms with E-state index in [9.17, 15) is 4.79 Å². The Balaban J connectivity index is 1.74. The summed E-state index contributed by atoms with van der Waals surface area (Å²) in [5.74, 6) is 0.257. The minimum Gasteiger partial charge on any atom is -0.314 e. The quantitative estimate of drug-likeness (QED) is 0.879. The molecule has 1 atom stereocenters. The number of carbonyl (C=O) groups excluding carboxylic acids is 1. The molecule has 1 aromatic carbocycles. The molecule has 2 aliphatic rings. The van der Waals surface area contributed by atoms with Crippen LogP contribution in [0.5, 0.6) is 0 Å². The summed E-state index contributed by atoms with van der Waals surface area (Å²) < 4.78 is 0. The predicted octanol–water partition coefficient (Wildman–Crippen LogP) is 2.43. The monoisotopic (exact) mass is 355 g/mol. The van der Waals surface area contributed by atoms with Crippen molar-refractivity contribution in [1.29, 1.82) is 0 Å². The first-order chi connectivity index (χ1) is 11.1. The first-order valence-electron chi connectivity index (χ1n) is 8.30. The van der Waals surface area contributed by atoms with Gasteiger partial charge in [-0.3, -0.25) is 14.6 Å². The lowest BCUT2D eigenvalue weighted by Crippen LogP contribution is -2.58. The maximum absolute atomic E-state index is 13.0. The number of benzene rings is 1. The fraction of sp³-hybridized carbons (Fsp3) is 0.588. The van der Waals surface area contributed by atoms with Crippen LogP contribution in [0.4, 0.5) is 0 Å². The fourth-order valence-electron chi connectivity index (χ4n) is 3.49. The Bertz CT molecular complexity index is 555. The summed E-state index contributed by atoms with van der Waals surface area (Å²) >= 11 is 12.0. The molecule has 23 heavy (non-hydrogen) atoms. The molecule has 2 aliphatic heterocycles. The Hall–Kier alpha value is -0.650. The third-order valence-electron chi connectivity index (χ3n) is 4.63. The van der Waals surface area contributed by atoms with Gasteiger partial charge in [-0.2, -0.15) is 0 Å². The Labute approximate surface area is 147 Å². The Morgan fingerprint density at radius 1 is 1.04 bits per heavy atom. The number of carbonyl (C=O) groups is 1. The van der Waals surface area contributed by atoms with Crippen molar-refractivity contribution in [2.75, 3.05) is 39.3 Å². The minimum atomic E-state index is -0.103. The number of likely N-dealkylation sites (tertiary alicyclic amines) is 1. The summed E-state index contributed by atoms with van der Waals surface area (Å²) in [6.45, 7) is 5.78. The van der Waals surface area contributed by atoms with Gasteiger partial charge in [0.2, 0.25) is 0 Å². The molecule has 0 bridgehead atoms. The van der Waals surface area contributed by atoms with Crippen molar-refractivity contribution in [3.8, 4) is 0 Å². The van der Waals surface area contributed by atoms with Crippen molar-refractivity contribution in [3.05, 3.63) is 33.8 Å². The molecule has 4 nitrogen and oxygen atoms in total. The van der Waals surface area contributed by atoms with E-state index in [1.54, 1.807) is 12.1 Å². The van der Waals surface area contributed by atoms with E-state index >= 15 is 0 Å². The molecule has 6 heteroatoms. The number of piperazine rings is 1. The van der Waals surface area contributed by atoms with E-state index in [4.69, 9.17) is 23.2 Å². The van der Waals surface area contributed by atoms with Gasteiger partial charge in [-0.25, -0.2) is 0 Å². The molecule has 0 aromatic heterocycles. The number of Topliss-reactive ketones (excluding diaryl/α,β-unsaturated/α-hetero) is 1. The maximum atomic E-state index is 13.0. The minimum absolute atomic E-state index is 0.103. The SMILES string of the molecule is O=C(Cc1ccc(Cl)c(Cl)c1)C(N1CCCC1)N1CCNCC1. The highest BCUT2D eigenvalue weighted by Gasteiger charge is 2.33. The Kier molecular flexibility index (Phi) is 5.94. The van der Waals surface area contributed by atoms with Gasteiger partial charge in [0.25, 0.3) is 0 Å². The molecule has 0 amide bonds. The highest BCUT2D eigenvalue weighted by molar-refractivity contribution is 6.42. The molecule has 3 rings (SSSR count). The zero-order valence-electron chi connectivity index (χ0n) is 13.2. The third-order valence-corrected chi connectivity index (χ3v) is 5.37. The van der Waals surface area contributed by atoms with Crippen LogP contribution < -0.4 is 5.32 Å². The second kappa shape index (κ2) is 7.95. The summed E-state index contributed by atoms with van der Waals surface area (Å²) in [6.07, 6.45) is 2.67. The molecule has 0 spiro atoms. The van der Waals surface area contributed by atoms with Crippen LogP contribution in [0, 0.1) is 0 Å². The normalized spacial score (nSPS) is 21.5. The molecule has 2 saturated heterocycles. The van der Waals surface area contributed by atoms with Crippen LogP contribution in [-0.2, 0) is 11.2 Å². The number of hydrogen-bond donors (Lipinski definition) is 1. The largest absolute Gasteiger partial charge is 0.314 e. The number of ketones is 1. The van der Waals surface area contributed by atoms with E-state index in [0.717, 1.165) is 44.8 Å². The number of nitrogens with one attached hydrogen (secondary N) is 1. The third kappa shape index (κ3) is 4.25. The van der Waals surface area contributed by atoms with Crippen molar-refractivity contribution in [3.63, 3.8) is 0 Å². The average molecular weight is 356 g/mol. The van der Waals surface area contributed by atoms with Crippen LogP contribution in [0.25, 0.3) is 0 Å². The van der Waals surface area contributed by atoms with E-state index in [-0.39, 0.29) is 11.9 Å². The molecule has 126 valence electrons. The van der Waals surface area contributed by atoms with Gasteiger partial charge in [0.15, 0.2) is 5.78 Å². The molecule has 2 heterocycles. The van der Waals surface area contributed by atoms with E-state index in [1.165, 1.54) is 12.8 Å². The van der Waals surface area contributed by atoms with Crippen LogP contribution in [0.1, 0.15) is 18.4 Å². The number of rotatable bonds is 5. The van der Waals surface area contributed by atoms with Gasteiger partial charge < -0.3 is 5.32 Å². The number of hydrogen-bond acceptors (Lipinski definition) is 4. The average Bonchev–Trinajstić information content (AvgIpc) is 3.06. The van der Waals surface area contributed by atoms with Gasteiger partial charge in [-0.05, 0) is 30.5 Å². The van der Waals surface area contributed by atoms with Gasteiger partial charge in [-0.15, -0.1) is 0 Å². The Morgan fingerprint density at radius 2 is 1.70 bits per heavy atom. The van der Waals surface area contributed by atoms with Crippen LogP contribution in [-0.4, -0.2) is 61.0 Å². The van der Waals surface area contributed by atoms with E-state index in [2.05, 4.69) is 15.1 Å². The molecule has 0 aliphatic carbocycles. The summed E-state index contributed by atoms with van der Waals surface area (Å²) in [7, 11) is 0. The molecule has 0 saturated carbocycles. The lowest BCUT2D eigenvalue weighted by Gasteiger charge is -2.39. The molecular weight excluding hydrogens is 333 g/mol. The van der Waals surface area contributed by atoms with Crippen LogP contribution >= 0.6 is 23.2 Å². The van der Waals surface area contributed by atoms with Gasteiger partial charge >= 0.3 is 0 Å². The molecule has 2 fully saturated rings. The van der Waals surface area contributed by atoms with E-state index < -0.39 is 0 Å². The number of halogens is 2. The summed E-state index contributed by atoms with van der Waals surface area (Å²) in [5, 5.41) is 4.40. The first-order valence-corrected chi connectivity index (χ1v) is 9.06. The summed E-state index contributed by atoms with van der Waals surface area (Å²) in [5.41, 5.74) is 0.934. The molecule has 1 unspecified atom stereocenters. The lowest BCUT2D eigenvalue weighted by atomic mass is 10.1. The summed E-state index contributed by atoms with van der Waals surface area (Å²) in [4.78, 5) is 17.7. The van der Waals surface area contributed by atoms with Crippen molar-refractivity contribution in [1.82, 2.24) is 15.1 Å². The van der Waals surface area contributed by atoms with Gasteiger partial charge in [0.05, 0.1) is 10.0 Å². The van der Waals surface area contributed by atoms with Gasteiger partial charge in [-0.1, -0.05) is 29.3 Å². The van der Waals surface area contributed by atoms with Crippen molar-refractivity contribution < 1.29 is 4.79 Å². The standard InChI is InChI=1S/C17H23Cl2N3O/c18-14-4-3-13(11-15(14)19)12-16(23)17(21-7-1-2-8-21)22-9-5-20-6-10-22/h3-4,11,17,20H,1-2,5-10,12H2. The zero-order chi connectivity index (χ0) is 16.2. The smallest absolute Gasteiger partial charge is 0.169 e. The predicted molar refractivity (Wildman–Crippen MR) is 94.2 cm³/mol. The number of nitrogens with zero attached hydrogens (tertiary/aromatic N) is 2. The molecule has 1 N–H and O–H groups in total. The van der Waals surface area contributed by atoms with Crippen molar-refractivity contribution in [2.24, 2.45) is 0 Å². The molecule has 0 radical (unpaired) electrons. The second-order valence-corrected chi connectivity index (χ2v) is 7.11. The highest BCUT2D eigenvalue weighted by Crippen LogP contribution is 2.24. The fourth-order valence-corrected chi connectivity index (χ4v) is 3.81. The van der Waals surface area contributed by atoms with Crippen LogP contribution in [0.3, 0.4) is 0 Å². The van der Waals surface area contributed by atoms with E-state index in [1.807, 2.05) is 6.07 Å². The van der Waals surface area contributed by atoms with Crippen molar-refractivity contribution >= 4 is 29.0 Å². The highest BCUT2D eigenvalue weighted by atomic mass is 35.5. The Morgan fingerprint density at radius 3 is 2.35 bits per heavy atom. The van der Waals surface area contributed by atoms with Crippen LogP contribution in [0.15, 0.2) is 18.2 Å². The lowest BCUT2D eigenvalue weighted by molar-refractivity contribution is -0.130. The molecule has 1 aromatic rings.